The Morgan fingerprint density at radius 3 is 3.04 bits per heavy atom. The molecular formula is C18H23N7O. The molecule has 1 aliphatic rings. The van der Waals surface area contributed by atoms with Crippen molar-refractivity contribution < 1.29 is 4.74 Å². The number of ether oxygens (including phenoxy) is 1. The molecule has 2 aromatic heterocycles. The molecule has 0 amide bonds. The summed E-state index contributed by atoms with van der Waals surface area (Å²) in [6, 6.07) is 8.35. The molecule has 1 unspecified atom stereocenters. The molecule has 1 fully saturated rings. The van der Waals surface area contributed by atoms with Gasteiger partial charge in [-0.1, -0.05) is 13.0 Å². The molecule has 8 nitrogen and oxygen atoms in total. The summed E-state index contributed by atoms with van der Waals surface area (Å²) in [7, 11) is 1.83. The van der Waals surface area contributed by atoms with Gasteiger partial charge in [0.05, 0.1) is 30.5 Å². The number of hydrogen-bond acceptors (Lipinski definition) is 7. The van der Waals surface area contributed by atoms with Crippen molar-refractivity contribution in [3.63, 3.8) is 0 Å². The molecule has 8 heteroatoms. The average Bonchev–Trinajstić information content (AvgIpc) is 3.07. The first-order chi connectivity index (χ1) is 12.7. The topological polar surface area (TPSA) is 105 Å². The number of benzene rings is 1. The molecule has 1 saturated heterocycles. The molecule has 26 heavy (non-hydrogen) atoms. The molecule has 3 heterocycles. The Morgan fingerprint density at radius 2 is 2.23 bits per heavy atom. The van der Waals surface area contributed by atoms with Crippen LogP contribution in [0.15, 0.2) is 24.3 Å². The van der Waals surface area contributed by atoms with Crippen LogP contribution in [0.2, 0.25) is 0 Å². The molecule has 0 aliphatic carbocycles. The minimum Gasteiger partial charge on any atom is -0.382 e. The second kappa shape index (κ2) is 6.80. The van der Waals surface area contributed by atoms with Gasteiger partial charge in [-0.15, -0.1) is 0 Å². The third-order valence-electron chi connectivity index (χ3n) is 4.82. The lowest BCUT2D eigenvalue weighted by Gasteiger charge is -2.36. The van der Waals surface area contributed by atoms with E-state index in [0.717, 1.165) is 47.6 Å². The van der Waals surface area contributed by atoms with E-state index in [2.05, 4.69) is 37.3 Å². The fourth-order valence-corrected chi connectivity index (χ4v) is 3.34. The lowest BCUT2D eigenvalue weighted by Crippen LogP contribution is -2.45. The standard InChI is InChI=1S/C18H23N7O/c1-3-12-10-26-7-6-25(12)16-9-14(21-18(20-2)22-16)11-4-5-13-15(8-11)23-24-17(13)19/h4-5,8-9,12H,3,6-7,10H2,1-2H3,(H3,19,23,24)(H,20,21,22). The maximum Gasteiger partial charge on any atom is 0.224 e. The molecule has 4 rings (SSSR count). The van der Waals surface area contributed by atoms with E-state index in [1.165, 1.54) is 0 Å². The predicted octanol–water partition coefficient (Wildman–Crippen LogP) is 2.26. The van der Waals surface area contributed by atoms with E-state index in [0.29, 0.717) is 24.4 Å². The van der Waals surface area contributed by atoms with Gasteiger partial charge in [0.1, 0.15) is 5.82 Å². The van der Waals surface area contributed by atoms with E-state index in [-0.39, 0.29) is 0 Å². The van der Waals surface area contributed by atoms with Crippen molar-refractivity contribution in [2.24, 2.45) is 0 Å². The lowest BCUT2D eigenvalue weighted by molar-refractivity contribution is 0.0926. The van der Waals surface area contributed by atoms with Gasteiger partial charge in [0.15, 0.2) is 5.82 Å². The molecule has 3 aromatic rings. The van der Waals surface area contributed by atoms with E-state index in [1.54, 1.807) is 0 Å². The first-order valence-corrected chi connectivity index (χ1v) is 8.84. The zero-order valence-electron chi connectivity index (χ0n) is 15.0. The van der Waals surface area contributed by atoms with E-state index in [9.17, 15) is 0 Å². The van der Waals surface area contributed by atoms with Gasteiger partial charge in [-0.05, 0) is 18.6 Å². The van der Waals surface area contributed by atoms with Crippen molar-refractivity contribution in [3.8, 4) is 11.3 Å². The van der Waals surface area contributed by atoms with Gasteiger partial charge in [0, 0.05) is 30.6 Å². The highest BCUT2D eigenvalue weighted by molar-refractivity contribution is 5.91. The van der Waals surface area contributed by atoms with E-state index >= 15 is 0 Å². The highest BCUT2D eigenvalue weighted by atomic mass is 16.5. The molecule has 1 aromatic carbocycles. The third kappa shape index (κ3) is 2.92. The van der Waals surface area contributed by atoms with Gasteiger partial charge < -0.3 is 20.7 Å². The molecule has 1 aliphatic heterocycles. The zero-order chi connectivity index (χ0) is 18.1. The van der Waals surface area contributed by atoms with Crippen LogP contribution in [-0.2, 0) is 4.74 Å². The Hall–Kier alpha value is -2.87. The molecule has 0 spiro atoms. The van der Waals surface area contributed by atoms with Crippen LogP contribution >= 0.6 is 0 Å². The van der Waals surface area contributed by atoms with Crippen LogP contribution in [0, 0.1) is 0 Å². The van der Waals surface area contributed by atoms with E-state index < -0.39 is 0 Å². The molecule has 4 N–H and O–H groups in total. The summed E-state index contributed by atoms with van der Waals surface area (Å²) in [4.78, 5) is 11.6. The second-order valence-corrected chi connectivity index (χ2v) is 6.38. The first-order valence-electron chi connectivity index (χ1n) is 8.84. The number of nitrogens with two attached hydrogens (primary N) is 1. The number of nitrogens with one attached hydrogen (secondary N) is 2. The largest absolute Gasteiger partial charge is 0.382 e. The highest BCUT2D eigenvalue weighted by Gasteiger charge is 2.24. The summed E-state index contributed by atoms with van der Waals surface area (Å²) in [6.07, 6.45) is 1.01. The number of hydrogen-bond donors (Lipinski definition) is 3. The Balaban J connectivity index is 1.77. The van der Waals surface area contributed by atoms with Crippen molar-refractivity contribution in [2.45, 2.75) is 19.4 Å². The smallest absolute Gasteiger partial charge is 0.224 e. The van der Waals surface area contributed by atoms with Gasteiger partial charge in [-0.3, -0.25) is 5.10 Å². The minimum absolute atomic E-state index is 0.325. The van der Waals surface area contributed by atoms with Gasteiger partial charge in [0.25, 0.3) is 0 Å². The quantitative estimate of drug-likeness (QED) is 0.661. The minimum atomic E-state index is 0.325. The fourth-order valence-electron chi connectivity index (χ4n) is 3.34. The van der Waals surface area contributed by atoms with Crippen LogP contribution in [0.1, 0.15) is 13.3 Å². The number of rotatable bonds is 4. The number of morpholine rings is 1. The van der Waals surface area contributed by atoms with Crippen LogP contribution in [0.4, 0.5) is 17.6 Å². The van der Waals surface area contributed by atoms with Crippen LogP contribution < -0.4 is 16.0 Å². The van der Waals surface area contributed by atoms with Crippen LogP contribution in [0.25, 0.3) is 22.2 Å². The number of H-pyrrole nitrogens is 1. The number of fused-ring (bicyclic) bond motifs is 1. The summed E-state index contributed by atoms with van der Waals surface area (Å²) in [5, 5.41) is 11.0. The van der Waals surface area contributed by atoms with Crippen LogP contribution in [-0.4, -0.2) is 53.0 Å². The molecular weight excluding hydrogens is 330 g/mol. The molecule has 0 saturated carbocycles. The Bertz CT molecular complexity index is 923. The summed E-state index contributed by atoms with van der Waals surface area (Å²) in [5.74, 6) is 2.02. The Kier molecular flexibility index (Phi) is 4.34. The van der Waals surface area contributed by atoms with Crippen molar-refractivity contribution in [1.29, 1.82) is 0 Å². The normalized spacial score (nSPS) is 17.6. The Labute approximate surface area is 151 Å². The van der Waals surface area contributed by atoms with Crippen LogP contribution in [0.5, 0.6) is 0 Å². The number of aromatic nitrogens is 4. The average molecular weight is 353 g/mol. The van der Waals surface area contributed by atoms with Gasteiger partial charge in [-0.25, -0.2) is 4.98 Å². The summed E-state index contributed by atoms with van der Waals surface area (Å²) in [6.45, 7) is 4.44. The number of aromatic amines is 1. The molecule has 1 atom stereocenters. The summed E-state index contributed by atoms with van der Waals surface area (Å²) in [5.41, 5.74) is 8.60. The second-order valence-electron chi connectivity index (χ2n) is 6.38. The molecule has 0 bridgehead atoms. The third-order valence-corrected chi connectivity index (χ3v) is 4.82. The van der Waals surface area contributed by atoms with E-state index in [4.69, 9.17) is 10.5 Å². The van der Waals surface area contributed by atoms with Gasteiger partial charge in [0.2, 0.25) is 5.95 Å². The van der Waals surface area contributed by atoms with Crippen molar-refractivity contribution in [2.75, 3.05) is 42.8 Å². The van der Waals surface area contributed by atoms with Gasteiger partial charge >= 0.3 is 0 Å². The molecule has 136 valence electrons. The maximum atomic E-state index is 5.87. The van der Waals surface area contributed by atoms with Crippen molar-refractivity contribution >= 4 is 28.5 Å². The number of nitrogens with zero attached hydrogens (tertiary/aromatic N) is 4. The maximum absolute atomic E-state index is 5.87. The van der Waals surface area contributed by atoms with Crippen molar-refractivity contribution in [3.05, 3.63) is 24.3 Å². The number of anilines is 3. The SMILES string of the molecule is CCC1COCCN1c1cc(-c2ccc3c(N)n[nH]c3c2)nc(NC)n1. The van der Waals surface area contributed by atoms with Gasteiger partial charge in [-0.2, -0.15) is 10.1 Å². The Morgan fingerprint density at radius 1 is 1.35 bits per heavy atom. The zero-order valence-corrected chi connectivity index (χ0v) is 15.0. The highest BCUT2D eigenvalue weighted by Crippen LogP contribution is 2.29. The van der Waals surface area contributed by atoms with E-state index in [1.807, 2.05) is 31.3 Å². The van der Waals surface area contributed by atoms with Crippen molar-refractivity contribution in [1.82, 2.24) is 20.2 Å². The number of nitrogen functional groups attached to an aromatic ring is 1. The fraction of sp³-hybridized carbons (Fsp3) is 0.389. The molecule has 0 radical (unpaired) electrons. The first kappa shape index (κ1) is 16.6. The van der Waals surface area contributed by atoms with Crippen LogP contribution in [0.3, 0.4) is 0 Å². The predicted molar refractivity (Wildman–Crippen MR) is 103 cm³/mol. The summed E-state index contributed by atoms with van der Waals surface area (Å²) >= 11 is 0. The summed E-state index contributed by atoms with van der Waals surface area (Å²) < 4.78 is 5.62. The monoisotopic (exact) mass is 353 g/mol. The lowest BCUT2D eigenvalue weighted by atomic mass is 10.1.